The number of aliphatic carboxylic acids is 1. The molecular formula is C16H18N2O4. The Morgan fingerprint density at radius 1 is 1.32 bits per heavy atom. The van der Waals surface area contributed by atoms with Crippen molar-refractivity contribution in [2.45, 2.75) is 19.8 Å². The second kappa shape index (κ2) is 6.89. The molecule has 6 nitrogen and oxygen atoms in total. The first-order valence-electron chi connectivity index (χ1n) is 7.16. The standard InChI is InChI=1S/C16H18N2O4/c1-2-5-10(16(21)22)9-17-15(20)12-8-14(19)18-13-7-4-3-6-11(12)13/h3-4,6-8,10H,2,5,9H2,1H3,(H,17,20)(H,18,19)(H,21,22). The van der Waals surface area contributed by atoms with E-state index < -0.39 is 17.8 Å². The molecule has 0 aliphatic heterocycles. The van der Waals surface area contributed by atoms with Crippen LogP contribution in [0.1, 0.15) is 30.1 Å². The molecule has 1 heterocycles. The molecule has 1 aromatic carbocycles. The van der Waals surface area contributed by atoms with Gasteiger partial charge < -0.3 is 15.4 Å². The highest BCUT2D eigenvalue weighted by Crippen LogP contribution is 2.14. The molecule has 116 valence electrons. The molecule has 1 unspecified atom stereocenters. The van der Waals surface area contributed by atoms with Crippen LogP contribution >= 0.6 is 0 Å². The van der Waals surface area contributed by atoms with Crippen molar-refractivity contribution in [1.82, 2.24) is 10.3 Å². The number of carboxylic acid groups (broad SMARTS) is 1. The van der Waals surface area contributed by atoms with Crippen LogP contribution in [-0.2, 0) is 4.79 Å². The first-order chi connectivity index (χ1) is 10.5. The zero-order valence-corrected chi connectivity index (χ0v) is 12.3. The summed E-state index contributed by atoms with van der Waals surface area (Å²) in [6.45, 7) is 1.94. The fraction of sp³-hybridized carbons (Fsp3) is 0.312. The fourth-order valence-electron chi connectivity index (χ4n) is 2.36. The molecule has 1 amide bonds. The Morgan fingerprint density at radius 3 is 2.73 bits per heavy atom. The minimum Gasteiger partial charge on any atom is -0.481 e. The van der Waals surface area contributed by atoms with Gasteiger partial charge in [0.05, 0.1) is 11.5 Å². The predicted octanol–water partition coefficient (Wildman–Crippen LogP) is 1.76. The maximum Gasteiger partial charge on any atom is 0.308 e. The van der Waals surface area contributed by atoms with E-state index in [2.05, 4.69) is 10.3 Å². The number of hydrogen-bond donors (Lipinski definition) is 3. The van der Waals surface area contributed by atoms with Gasteiger partial charge in [0.2, 0.25) is 5.56 Å². The highest BCUT2D eigenvalue weighted by atomic mass is 16.4. The first kappa shape index (κ1) is 15.8. The van der Waals surface area contributed by atoms with E-state index in [1.54, 1.807) is 24.3 Å². The van der Waals surface area contributed by atoms with E-state index in [4.69, 9.17) is 5.11 Å². The Morgan fingerprint density at radius 2 is 2.05 bits per heavy atom. The Balaban J connectivity index is 2.23. The van der Waals surface area contributed by atoms with E-state index in [9.17, 15) is 14.4 Å². The number of aromatic nitrogens is 1. The number of benzene rings is 1. The van der Waals surface area contributed by atoms with Gasteiger partial charge in [0, 0.05) is 23.5 Å². The molecule has 0 bridgehead atoms. The maximum atomic E-state index is 12.3. The van der Waals surface area contributed by atoms with Crippen LogP contribution in [0.5, 0.6) is 0 Å². The van der Waals surface area contributed by atoms with Crippen LogP contribution in [-0.4, -0.2) is 28.5 Å². The van der Waals surface area contributed by atoms with E-state index in [-0.39, 0.29) is 17.7 Å². The predicted molar refractivity (Wildman–Crippen MR) is 82.9 cm³/mol. The first-order valence-corrected chi connectivity index (χ1v) is 7.16. The van der Waals surface area contributed by atoms with Crippen molar-refractivity contribution in [1.29, 1.82) is 0 Å². The van der Waals surface area contributed by atoms with Crippen molar-refractivity contribution in [3.05, 3.63) is 46.2 Å². The van der Waals surface area contributed by atoms with Crippen LogP contribution in [0, 0.1) is 5.92 Å². The summed E-state index contributed by atoms with van der Waals surface area (Å²) in [6, 6.07) is 8.22. The highest BCUT2D eigenvalue weighted by molar-refractivity contribution is 6.06. The minimum atomic E-state index is -0.932. The van der Waals surface area contributed by atoms with E-state index in [1.165, 1.54) is 6.07 Å². The second-order valence-corrected chi connectivity index (χ2v) is 5.13. The van der Waals surface area contributed by atoms with Crippen LogP contribution in [0.25, 0.3) is 10.9 Å². The van der Waals surface area contributed by atoms with E-state index in [0.717, 1.165) is 6.42 Å². The Labute approximate surface area is 127 Å². The van der Waals surface area contributed by atoms with E-state index in [0.29, 0.717) is 17.3 Å². The average Bonchev–Trinajstić information content (AvgIpc) is 2.49. The van der Waals surface area contributed by atoms with Gasteiger partial charge in [-0.15, -0.1) is 0 Å². The van der Waals surface area contributed by atoms with Crippen molar-refractivity contribution >= 4 is 22.8 Å². The molecule has 0 aliphatic rings. The van der Waals surface area contributed by atoms with Crippen LogP contribution in [0.3, 0.4) is 0 Å². The number of para-hydroxylation sites is 1. The molecule has 3 N–H and O–H groups in total. The zero-order chi connectivity index (χ0) is 16.1. The molecule has 2 aromatic rings. The maximum absolute atomic E-state index is 12.3. The van der Waals surface area contributed by atoms with Crippen molar-refractivity contribution < 1.29 is 14.7 Å². The van der Waals surface area contributed by atoms with Crippen molar-refractivity contribution in [3.8, 4) is 0 Å². The van der Waals surface area contributed by atoms with Crippen LogP contribution in [0.4, 0.5) is 0 Å². The van der Waals surface area contributed by atoms with Gasteiger partial charge >= 0.3 is 5.97 Å². The molecule has 1 atom stereocenters. The number of rotatable bonds is 6. The summed E-state index contributed by atoms with van der Waals surface area (Å²) in [4.78, 5) is 37.7. The third kappa shape index (κ3) is 3.52. The van der Waals surface area contributed by atoms with E-state index in [1.807, 2.05) is 6.92 Å². The van der Waals surface area contributed by atoms with Crippen molar-refractivity contribution in [2.75, 3.05) is 6.54 Å². The lowest BCUT2D eigenvalue weighted by molar-refractivity contribution is -0.141. The summed E-state index contributed by atoms with van der Waals surface area (Å²) in [6.07, 6.45) is 1.21. The average molecular weight is 302 g/mol. The number of hydrogen-bond acceptors (Lipinski definition) is 3. The minimum absolute atomic E-state index is 0.0448. The number of carbonyl (C=O) groups is 2. The largest absolute Gasteiger partial charge is 0.481 e. The quantitative estimate of drug-likeness (QED) is 0.757. The lowest BCUT2D eigenvalue weighted by atomic mass is 10.0. The molecule has 0 saturated carbocycles. The summed E-state index contributed by atoms with van der Waals surface area (Å²) in [7, 11) is 0. The number of carboxylic acids is 1. The van der Waals surface area contributed by atoms with Crippen LogP contribution < -0.4 is 10.9 Å². The molecule has 0 spiro atoms. The Kier molecular flexibility index (Phi) is 4.93. The smallest absolute Gasteiger partial charge is 0.308 e. The summed E-state index contributed by atoms with van der Waals surface area (Å²) in [5, 5.41) is 12.3. The van der Waals surface area contributed by atoms with Gasteiger partial charge in [0.25, 0.3) is 5.91 Å². The number of carbonyl (C=O) groups excluding carboxylic acids is 1. The molecule has 0 fully saturated rings. The topological polar surface area (TPSA) is 99.3 Å². The van der Waals surface area contributed by atoms with Gasteiger partial charge in [-0.3, -0.25) is 14.4 Å². The number of nitrogens with one attached hydrogen (secondary N) is 2. The van der Waals surface area contributed by atoms with Crippen molar-refractivity contribution in [2.24, 2.45) is 5.92 Å². The SMILES string of the molecule is CCCC(CNC(=O)c1cc(=O)[nH]c2ccccc12)C(=O)O. The van der Waals surface area contributed by atoms with Crippen LogP contribution in [0.15, 0.2) is 35.1 Å². The second-order valence-electron chi connectivity index (χ2n) is 5.13. The number of H-pyrrole nitrogens is 1. The molecule has 0 radical (unpaired) electrons. The number of fused-ring (bicyclic) bond motifs is 1. The van der Waals surface area contributed by atoms with Gasteiger partial charge in [-0.1, -0.05) is 31.5 Å². The third-order valence-electron chi connectivity index (χ3n) is 3.49. The highest BCUT2D eigenvalue weighted by Gasteiger charge is 2.18. The normalized spacial score (nSPS) is 12.0. The summed E-state index contributed by atoms with van der Waals surface area (Å²) in [5.41, 5.74) is 0.454. The number of amides is 1. The molecule has 0 saturated heterocycles. The van der Waals surface area contributed by atoms with Gasteiger partial charge in [-0.2, -0.15) is 0 Å². The lowest BCUT2D eigenvalue weighted by Crippen LogP contribution is -2.33. The third-order valence-corrected chi connectivity index (χ3v) is 3.49. The van der Waals surface area contributed by atoms with Crippen molar-refractivity contribution in [3.63, 3.8) is 0 Å². The molecule has 2 rings (SSSR count). The Hall–Kier alpha value is -2.63. The zero-order valence-electron chi connectivity index (χ0n) is 12.3. The molecule has 0 aliphatic carbocycles. The summed E-state index contributed by atoms with van der Waals surface area (Å²) < 4.78 is 0. The fourth-order valence-corrected chi connectivity index (χ4v) is 2.36. The Bertz CT molecular complexity index is 751. The number of pyridine rings is 1. The summed E-state index contributed by atoms with van der Waals surface area (Å²) >= 11 is 0. The van der Waals surface area contributed by atoms with Gasteiger partial charge in [0.15, 0.2) is 0 Å². The number of aromatic amines is 1. The molecule has 1 aromatic heterocycles. The summed E-state index contributed by atoms with van der Waals surface area (Å²) in [5.74, 6) is -2.00. The molecule has 6 heteroatoms. The molecular weight excluding hydrogens is 284 g/mol. The van der Waals surface area contributed by atoms with E-state index >= 15 is 0 Å². The monoisotopic (exact) mass is 302 g/mol. The van der Waals surface area contributed by atoms with Gasteiger partial charge in [-0.25, -0.2) is 0 Å². The lowest BCUT2D eigenvalue weighted by Gasteiger charge is -2.13. The van der Waals surface area contributed by atoms with Gasteiger partial charge in [-0.05, 0) is 12.5 Å². The van der Waals surface area contributed by atoms with Gasteiger partial charge in [0.1, 0.15) is 0 Å². The molecule has 22 heavy (non-hydrogen) atoms. The van der Waals surface area contributed by atoms with Crippen LogP contribution in [0.2, 0.25) is 0 Å².